The Kier molecular flexibility index (Phi) is 3.72. The zero-order valence-electron chi connectivity index (χ0n) is 12.7. The van der Waals surface area contributed by atoms with Gasteiger partial charge in [-0.25, -0.2) is 20.0 Å². The summed E-state index contributed by atoms with van der Waals surface area (Å²) in [6, 6.07) is 0. The predicted octanol–water partition coefficient (Wildman–Crippen LogP) is 0.973. The first-order valence-electron chi connectivity index (χ1n) is 7.31. The number of fused-ring (bicyclic) bond motifs is 4. The Hall–Kier alpha value is -3.16. The molecule has 25 heavy (non-hydrogen) atoms. The number of nitrogens with zero attached hydrogens (tertiary/aromatic N) is 6. The number of allylic oxidation sites excluding steroid dienone is 7. The molecule has 8 bridgehead atoms. The van der Waals surface area contributed by atoms with Gasteiger partial charge in [0.15, 0.2) is 5.84 Å². The second kappa shape index (κ2) is 6.04. The molecule has 122 valence electrons. The van der Waals surface area contributed by atoms with Gasteiger partial charge in [-0.15, -0.1) is 0 Å². The molecule has 9 heteroatoms. The van der Waals surface area contributed by atoms with Crippen molar-refractivity contribution in [3.8, 4) is 0 Å². The molecule has 5 rings (SSSR count). The minimum atomic E-state index is 0. The number of hydrogen-bond donors (Lipinski definition) is 2. The molecule has 0 aromatic heterocycles. The van der Waals surface area contributed by atoms with Gasteiger partial charge in [0, 0.05) is 23.1 Å². The van der Waals surface area contributed by atoms with E-state index in [4.69, 9.17) is 0 Å². The normalized spacial score (nSPS) is 21.8. The quantitative estimate of drug-likeness (QED) is 0.622. The standard InChI is InChI=1S/C16H10N8.Fe/c1-2-11-6-13-8-17-15(20-13)22-16-21-14(23-24-16)7-12-4-3-10(19-12)5-9(1)18-11;/h1-8H,(H2,17,20,21,22,23,24);. The molecule has 0 atom stereocenters. The molecule has 5 heterocycles. The van der Waals surface area contributed by atoms with Crippen molar-refractivity contribution >= 4 is 35.4 Å². The fourth-order valence-electron chi connectivity index (χ4n) is 2.48. The summed E-state index contributed by atoms with van der Waals surface area (Å²) in [5.74, 6) is 1.37. The number of nitrogens with one attached hydrogen (secondary N) is 2. The number of rotatable bonds is 0. The molecular formula is C16H10FeN8. The van der Waals surface area contributed by atoms with E-state index in [9.17, 15) is 0 Å². The summed E-state index contributed by atoms with van der Waals surface area (Å²) in [5.41, 5.74) is 9.81. The van der Waals surface area contributed by atoms with Crippen molar-refractivity contribution in [2.24, 2.45) is 30.0 Å². The monoisotopic (exact) mass is 370 g/mol. The van der Waals surface area contributed by atoms with E-state index in [1.54, 1.807) is 6.21 Å². The average Bonchev–Trinajstić information content (AvgIpc) is 3.32. The molecule has 5 aliphatic rings. The number of amidine groups is 1. The number of aliphatic imine (C=N–C) groups is 6. The summed E-state index contributed by atoms with van der Waals surface area (Å²) in [5, 5.41) is 0. The van der Waals surface area contributed by atoms with E-state index < -0.39 is 0 Å². The van der Waals surface area contributed by atoms with Gasteiger partial charge in [-0.1, -0.05) is 0 Å². The summed E-state index contributed by atoms with van der Waals surface area (Å²) in [6.45, 7) is 0. The van der Waals surface area contributed by atoms with Crippen LogP contribution in [0.25, 0.3) is 0 Å². The van der Waals surface area contributed by atoms with Crippen molar-refractivity contribution in [1.29, 1.82) is 0 Å². The molecule has 0 amide bonds. The van der Waals surface area contributed by atoms with E-state index in [1.165, 1.54) is 0 Å². The molecule has 0 aromatic carbocycles. The minimum Gasteiger partial charge on any atom is -0.282 e. The van der Waals surface area contributed by atoms with Crippen molar-refractivity contribution in [3.63, 3.8) is 0 Å². The Morgan fingerprint density at radius 1 is 0.640 bits per heavy atom. The van der Waals surface area contributed by atoms with Crippen molar-refractivity contribution in [1.82, 2.24) is 10.9 Å². The van der Waals surface area contributed by atoms with Gasteiger partial charge < -0.3 is 0 Å². The summed E-state index contributed by atoms with van der Waals surface area (Å²) in [6.07, 6.45) is 15.0. The molecule has 8 nitrogen and oxygen atoms in total. The topological polar surface area (TPSA) is 98.2 Å². The van der Waals surface area contributed by atoms with Crippen molar-refractivity contribution in [2.75, 3.05) is 0 Å². The first-order chi connectivity index (χ1) is 11.8. The van der Waals surface area contributed by atoms with Gasteiger partial charge in [0.05, 0.1) is 34.7 Å². The third kappa shape index (κ3) is 3.10. The van der Waals surface area contributed by atoms with Crippen molar-refractivity contribution < 1.29 is 17.1 Å². The summed E-state index contributed by atoms with van der Waals surface area (Å²) in [7, 11) is 0. The van der Waals surface area contributed by atoms with Crippen LogP contribution in [-0.4, -0.2) is 35.4 Å². The summed E-state index contributed by atoms with van der Waals surface area (Å²) in [4.78, 5) is 26.2. The molecular weight excluding hydrogens is 360 g/mol. The Balaban J connectivity index is 0.00000157. The second-order valence-electron chi connectivity index (χ2n) is 5.30. The first kappa shape index (κ1) is 15.4. The Morgan fingerprint density at radius 2 is 1.36 bits per heavy atom. The SMILES string of the molecule is C1=CC2=NC1=CC1=NC(=NC3=NC(=CC4=NC(=C2)C=C4)C=N3)NN1.[Fe]. The van der Waals surface area contributed by atoms with E-state index >= 15 is 0 Å². The first-order valence-corrected chi connectivity index (χ1v) is 7.31. The smallest absolute Gasteiger partial charge is 0.253 e. The van der Waals surface area contributed by atoms with Crippen LogP contribution in [0.4, 0.5) is 0 Å². The van der Waals surface area contributed by atoms with Crippen LogP contribution in [0.1, 0.15) is 0 Å². The molecule has 0 aliphatic carbocycles. The van der Waals surface area contributed by atoms with Gasteiger partial charge in [-0.05, 0) is 36.5 Å². The maximum atomic E-state index is 4.53. The molecule has 0 fully saturated rings. The van der Waals surface area contributed by atoms with Crippen LogP contribution in [0, 0.1) is 0 Å². The molecule has 0 saturated carbocycles. The van der Waals surface area contributed by atoms with E-state index in [0.717, 1.165) is 22.8 Å². The zero-order valence-corrected chi connectivity index (χ0v) is 13.8. The minimum absolute atomic E-state index is 0. The third-order valence-electron chi connectivity index (χ3n) is 3.52. The van der Waals surface area contributed by atoms with E-state index in [2.05, 4.69) is 40.8 Å². The van der Waals surface area contributed by atoms with Crippen molar-refractivity contribution in [2.45, 2.75) is 0 Å². The van der Waals surface area contributed by atoms with Crippen LogP contribution in [0.2, 0.25) is 0 Å². The number of hydrogen-bond acceptors (Lipinski definition) is 8. The molecule has 0 radical (unpaired) electrons. The van der Waals surface area contributed by atoms with Gasteiger partial charge in [0.25, 0.3) is 5.96 Å². The molecule has 0 spiro atoms. The maximum Gasteiger partial charge on any atom is 0.253 e. The fraction of sp³-hybridized carbons (Fsp3) is 0. The Labute approximate surface area is 153 Å². The van der Waals surface area contributed by atoms with Crippen LogP contribution >= 0.6 is 0 Å². The van der Waals surface area contributed by atoms with Gasteiger partial charge in [-0.3, -0.25) is 10.9 Å². The van der Waals surface area contributed by atoms with Gasteiger partial charge in [0.1, 0.15) is 0 Å². The molecule has 5 aliphatic heterocycles. The van der Waals surface area contributed by atoms with Gasteiger partial charge in [-0.2, -0.15) is 9.98 Å². The molecule has 0 saturated heterocycles. The molecule has 2 N–H and O–H groups in total. The second-order valence-corrected chi connectivity index (χ2v) is 5.30. The summed E-state index contributed by atoms with van der Waals surface area (Å²) >= 11 is 0. The average molecular weight is 370 g/mol. The Morgan fingerprint density at radius 3 is 2.16 bits per heavy atom. The number of guanidine groups is 2. The molecule has 0 aromatic rings. The summed E-state index contributed by atoms with van der Waals surface area (Å²) < 4.78 is 0. The van der Waals surface area contributed by atoms with Crippen LogP contribution in [0.5, 0.6) is 0 Å². The van der Waals surface area contributed by atoms with Crippen LogP contribution in [-0.2, 0) is 17.1 Å². The maximum absolute atomic E-state index is 4.53. The van der Waals surface area contributed by atoms with Gasteiger partial charge >= 0.3 is 0 Å². The van der Waals surface area contributed by atoms with Crippen LogP contribution < -0.4 is 10.9 Å². The van der Waals surface area contributed by atoms with Crippen LogP contribution in [0.3, 0.4) is 0 Å². The van der Waals surface area contributed by atoms with Crippen LogP contribution in [0.15, 0.2) is 89.6 Å². The van der Waals surface area contributed by atoms with E-state index in [0.29, 0.717) is 23.5 Å². The predicted molar refractivity (Wildman–Crippen MR) is 94.5 cm³/mol. The Bertz CT molecular complexity index is 995. The van der Waals surface area contributed by atoms with Gasteiger partial charge in [0.2, 0.25) is 5.96 Å². The number of hydrazine groups is 1. The fourth-order valence-corrected chi connectivity index (χ4v) is 2.48. The van der Waals surface area contributed by atoms with Crippen molar-refractivity contribution in [3.05, 3.63) is 59.6 Å². The largest absolute Gasteiger partial charge is 0.282 e. The zero-order chi connectivity index (χ0) is 15.9. The molecule has 0 unspecified atom stereocenters. The third-order valence-corrected chi connectivity index (χ3v) is 3.52. The van der Waals surface area contributed by atoms with E-state index in [1.807, 2.05) is 42.5 Å². The van der Waals surface area contributed by atoms with E-state index in [-0.39, 0.29) is 17.1 Å².